The normalized spacial score (nSPS) is 10.8. The van der Waals surface area contributed by atoms with Gasteiger partial charge in [-0.1, -0.05) is 0 Å². The van der Waals surface area contributed by atoms with Gasteiger partial charge in [0, 0.05) is 6.20 Å². The van der Waals surface area contributed by atoms with Gasteiger partial charge in [0.2, 0.25) is 0 Å². The molecule has 7 heteroatoms. The predicted molar refractivity (Wildman–Crippen MR) is 70.9 cm³/mol. The Bertz CT molecular complexity index is 798. The third kappa shape index (κ3) is 2.75. The SMILES string of the molecule is Cc1cc(S(=O)(=O)Nc2ccncc2F)ccc1C#N. The fraction of sp³-hybridized carbons (Fsp3) is 0.0769. The molecule has 1 heterocycles. The number of hydrogen-bond donors (Lipinski definition) is 1. The van der Waals surface area contributed by atoms with Gasteiger partial charge in [-0.2, -0.15) is 5.26 Å². The summed E-state index contributed by atoms with van der Waals surface area (Å²) in [5.41, 5.74) is 0.742. The second kappa shape index (κ2) is 5.27. The maximum Gasteiger partial charge on any atom is 0.261 e. The van der Waals surface area contributed by atoms with Gasteiger partial charge in [0.25, 0.3) is 10.0 Å². The van der Waals surface area contributed by atoms with Gasteiger partial charge >= 0.3 is 0 Å². The number of benzene rings is 1. The summed E-state index contributed by atoms with van der Waals surface area (Å²) < 4.78 is 39.8. The highest BCUT2D eigenvalue weighted by Gasteiger charge is 2.17. The zero-order valence-electron chi connectivity index (χ0n) is 10.5. The number of aromatic nitrogens is 1. The summed E-state index contributed by atoms with van der Waals surface area (Å²) in [5.74, 6) is -0.763. The molecular formula is C13H10FN3O2S. The minimum atomic E-state index is -3.91. The van der Waals surface area contributed by atoms with Crippen molar-refractivity contribution in [2.75, 3.05) is 4.72 Å². The van der Waals surface area contributed by atoms with E-state index in [2.05, 4.69) is 9.71 Å². The molecular weight excluding hydrogens is 281 g/mol. The van der Waals surface area contributed by atoms with Crippen molar-refractivity contribution in [1.82, 2.24) is 4.98 Å². The molecule has 2 rings (SSSR count). The molecule has 0 aliphatic rings. The highest BCUT2D eigenvalue weighted by molar-refractivity contribution is 7.92. The van der Waals surface area contributed by atoms with Crippen LogP contribution in [-0.4, -0.2) is 13.4 Å². The first-order valence-corrected chi connectivity index (χ1v) is 7.05. The zero-order valence-corrected chi connectivity index (χ0v) is 11.3. The van der Waals surface area contributed by atoms with Crippen molar-refractivity contribution < 1.29 is 12.8 Å². The Labute approximate surface area is 115 Å². The van der Waals surface area contributed by atoms with E-state index >= 15 is 0 Å². The fourth-order valence-electron chi connectivity index (χ4n) is 1.59. The summed E-state index contributed by atoms with van der Waals surface area (Å²) in [5, 5.41) is 8.81. The molecule has 0 aliphatic carbocycles. The van der Waals surface area contributed by atoms with Gasteiger partial charge < -0.3 is 0 Å². The number of pyridine rings is 1. The van der Waals surface area contributed by atoms with Gasteiger partial charge in [-0.3, -0.25) is 9.71 Å². The highest BCUT2D eigenvalue weighted by atomic mass is 32.2. The first-order valence-electron chi connectivity index (χ1n) is 5.57. The van der Waals surface area contributed by atoms with Crippen LogP contribution in [-0.2, 0) is 10.0 Å². The summed E-state index contributed by atoms with van der Waals surface area (Å²) in [4.78, 5) is 3.50. The van der Waals surface area contributed by atoms with Crippen LogP contribution in [0.2, 0.25) is 0 Å². The standard InChI is InChI=1S/C13H10FN3O2S/c1-9-6-11(3-2-10(9)7-15)20(18,19)17-13-4-5-16-8-12(13)14/h2-6,8H,1H3,(H,16,17). The van der Waals surface area contributed by atoms with Crippen molar-refractivity contribution >= 4 is 15.7 Å². The van der Waals surface area contributed by atoms with Gasteiger partial charge in [-0.25, -0.2) is 12.8 Å². The van der Waals surface area contributed by atoms with E-state index in [4.69, 9.17) is 5.26 Å². The summed E-state index contributed by atoms with van der Waals surface area (Å²) in [6, 6.07) is 7.24. The van der Waals surface area contributed by atoms with Crippen molar-refractivity contribution in [2.24, 2.45) is 0 Å². The van der Waals surface area contributed by atoms with E-state index in [9.17, 15) is 12.8 Å². The monoisotopic (exact) mass is 291 g/mol. The van der Waals surface area contributed by atoms with E-state index in [1.807, 2.05) is 6.07 Å². The lowest BCUT2D eigenvalue weighted by molar-refractivity contribution is 0.598. The Kier molecular flexibility index (Phi) is 3.68. The molecule has 0 unspecified atom stereocenters. The lowest BCUT2D eigenvalue weighted by atomic mass is 10.1. The minimum Gasteiger partial charge on any atom is -0.277 e. The Hall–Kier alpha value is -2.46. The molecule has 0 amide bonds. The third-order valence-electron chi connectivity index (χ3n) is 2.65. The van der Waals surface area contributed by atoms with E-state index in [1.165, 1.54) is 30.5 Å². The molecule has 0 spiro atoms. The Morgan fingerprint density at radius 1 is 1.35 bits per heavy atom. The number of nitrogens with zero attached hydrogens (tertiary/aromatic N) is 2. The van der Waals surface area contributed by atoms with Gasteiger partial charge in [-0.05, 0) is 36.8 Å². The van der Waals surface area contributed by atoms with Crippen molar-refractivity contribution in [1.29, 1.82) is 5.26 Å². The number of sulfonamides is 1. The van der Waals surface area contributed by atoms with Gasteiger partial charge in [-0.15, -0.1) is 0 Å². The van der Waals surface area contributed by atoms with E-state index in [0.29, 0.717) is 11.1 Å². The number of hydrogen-bond acceptors (Lipinski definition) is 4. The number of anilines is 1. The topological polar surface area (TPSA) is 82.8 Å². The molecule has 20 heavy (non-hydrogen) atoms. The second-order valence-corrected chi connectivity index (χ2v) is 5.73. The Balaban J connectivity index is 2.39. The summed E-state index contributed by atoms with van der Waals surface area (Å²) in [6.45, 7) is 1.63. The molecule has 102 valence electrons. The summed E-state index contributed by atoms with van der Waals surface area (Å²) >= 11 is 0. The minimum absolute atomic E-state index is 0.0368. The summed E-state index contributed by atoms with van der Waals surface area (Å²) in [6.07, 6.45) is 2.20. The lowest BCUT2D eigenvalue weighted by Crippen LogP contribution is -2.14. The molecule has 0 bridgehead atoms. The molecule has 1 aromatic heterocycles. The van der Waals surface area contributed by atoms with Crippen LogP contribution in [0.25, 0.3) is 0 Å². The average molecular weight is 291 g/mol. The predicted octanol–water partition coefficient (Wildman–Crippen LogP) is 2.20. The molecule has 2 aromatic rings. The largest absolute Gasteiger partial charge is 0.277 e. The number of rotatable bonds is 3. The van der Waals surface area contributed by atoms with Crippen LogP contribution in [0.4, 0.5) is 10.1 Å². The molecule has 1 N–H and O–H groups in total. The fourth-order valence-corrected chi connectivity index (χ4v) is 2.74. The third-order valence-corrected chi connectivity index (χ3v) is 4.01. The molecule has 0 aliphatic heterocycles. The molecule has 0 radical (unpaired) electrons. The van der Waals surface area contributed by atoms with Crippen LogP contribution in [0.15, 0.2) is 41.6 Å². The van der Waals surface area contributed by atoms with Crippen LogP contribution >= 0.6 is 0 Å². The van der Waals surface area contributed by atoms with E-state index in [-0.39, 0.29) is 10.6 Å². The Morgan fingerprint density at radius 2 is 2.10 bits per heavy atom. The molecule has 1 aromatic carbocycles. The Morgan fingerprint density at radius 3 is 2.70 bits per heavy atom. The van der Waals surface area contributed by atoms with Crippen LogP contribution < -0.4 is 4.72 Å². The van der Waals surface area contributed by atoms with Crippen molar-refractivity contribution in [3.8, 4) is 6.07 Å². The number of aryl methyl sites for hydroxylation is 1. The molecule has 0 fully saturated rings. The van der Waals surface area contributed by atoms with Crippen molar-refractivity contribution in [3.05, 3.63) is 53.6 Å². The second-order valence-electron chi connectivity index (χ2n) is 4.05. The quantitative estimate of drug-likeness (QED) is 0.939. The number of halogens is 1. The van der Waals surface area contributed by atoms with Crippen molar-refractivity contribution in [2.45, 2.75) is 11.8 Å². The first kappa shape index (κ1) is 14.0. The van der Waals surface area contributed by atoms with Gasteiger partial charge in [0.1, 0.15) is 0 Å². The van der Waals surface area contributed by atoms with Gasteiger partial charge in [0.05, 0.1) is 28.4 Å². The van der Waals surface area contributed by atoms with Crippen LogP contribution in [0.3, 0.4) is 0 Å². The van der Waals surface area contributed by atoms with Crippen molar-refractivity contribution in [3.63, 3.8) is 0 Å². The number of nitrogens with one attached hydrogen (secondary N) is 1. The van der Waals surface area contributed by atoms with Gasteiger partial charge in [0.15, 0.2) is 5.82 Å². The highest BCUT2D eigenvalue weighted by Crippen LogP contribution is 2.20. The van der Waals surface area contributed by atoms with Crippen LogP contribution in [0.5, 0.6) is 0 Å². The van der Waals surface area contributed by atoms with Crippen LogP contribution in [0, 0.1) is 24.1 Å². The maximum absolute atomic E-state index is 13.4. The summed E-state index contributed by atoms with van der Waals surface area (Å²) in [7, 11) is -3.91. The lowest BCUT2D eigenvalue weighted by Gasteiger charge is -2.09. The van der Waals surface area contributed by atoms with E-state index < -0.39 is 15.8 Å². The first-order chi connectivity index (χ1) is 9.44. The smallest absolute Gasteiger partial charge is 0.261 e. The molecule has 0 atom stereocenters. The maximum atomic E-state index is 13.4. The van der Waals surface area contributed by atoms with E-state index in [0.717, 1.165) is 6.20 Å². The molecule has 0 saturated carbocycles. The number of nitriles is 1. The molecule has 5 nitrogen and oxygen atoms in total. The van der Waals surface area contributed by atoms with Crippen LogP contribution in [0.1, 0.15) is 11.1 Å². The van der Waals surface area contributed by atoms with E-state index in [1.54, 1.807) is 6.92 Å². The zero-order chi connectivity index (χ0) is 14.8. The average Bonchev–Trinajstić information content (AvgIpc) is 2.41. The molecule has 0 saturated heterocycles.